The van der Waals surface area contributed by atoms with Gasteiger partial charge in [0.25, 0.3) is 15.7 Å². The molecule has 0 amide bonds. The molecule has 2 N–H and O–H groups in total. The number of nitrogens with one attached hydrogen (secondary N) is 1. The smallest absolute Gasteiger partial charge is 0.315 e. The van der Waals surface area contributed by atoms with Crippen molar-refractivity contribution >= 4 is 27.6 Å². The first-order chi connectivity index (χ1) is 13.2. The summed E-state index contributed by atoms with van der Waals surface area (Å²) in [7, 11) is -4.21. The average molecular weight is 410 g/mol. The number of phenols is 1. The molecule has 0 aliphatic carbocycles. The minimum Gasteiger partial charge on any atom is -0.500 e. The molecule has 0 fully saturated rings. The van der Waals surface area contributed by atoms with Crippen LogP contribution in [0.2, 0.25) is 0 Å². The summed E-state index contributed by atoms with van der Waals surface area (Å²) in [5.74, 6) is -0.833. The highest BCUT2D eigenvalue weighted by atomic mass is 32.2. The fourth-order valence-corrected chi connectivity index (χ4v) is 2.91. The summed E-state index contributed by atoms with van der Waals surface area (Å²) in [6, 6.07) is 6.54. The standard InChI is InChI=1S/C15H14N4O8S/c1-2-27-14-7-10(6-13(15(14)20)19(23)24)9-16-17-28(25,26)12-5-3-4-11(8-12)18(21)22/h3-9,17,20H,2H2,1H3/b16-9+. The van der Waals surface area contributed by atoms with Gasteiger partial charge in [0, 0.05) is 23.8 Å². The van der Waals surface area contributed by atoms with E-state index < -0.39 is 37.0 Å². The fourth-order valence-electron chi connectivity index (χ4n) is 2.08. The molecule has 0 heterocycles. The number of nitro benzene ring substituents is 2. The van der Waals surface area contributed by atoms with Gasteiger partial charge >= 0.3 is 5.69 Å². The van der Waals surface area contributed by atoms with Crippen molar-refractivity contribution in [2.75, 3.05) is 6.61 Å². The highest BCUT2D eigenvalue weighted by Gasteiger charge is 2.20. The number of sulfonamides is 1. The molecule has 13 heteroatoms. The van der Waals surface area contributed by atoms with Gasteiger partial charge in [0.2, 0.25) is 5.75 Å². The Bertz CT molecular complexity index is 1050. The van der Waals surface area contributed by atoms with Crippen LogP contribution >= 0.6 is 0 Å². The molecule has 2 aromatic rings. The number of aromatic hydroxyl groups is 1. The molecule has 2 rings (SSSR count). The number of benzene rings is 2. The second kappa shape index (κ2) is 8.30. The van der Waals surface area contributed by atoms with E-state index in [4.69, 9.17) is 4.74 Å². The molecule has 148 valence electrons. The van der Waals surface area contributed by atoms with Crippen LogP contribution in [0.4, 0.5) is 11.4 Å². The highest BCUT2D eigenvalue weighted by molar-refractivity contribution is 7.89. The Labute approximate surface area is 158 Å². The number of hydrogen-bond donors (Lipinski definition) is 2. The Balaban J connectivity index is 2.29. The van der Waals surface area contributed by atoms with Gasteiger partial charge in [-0.05, 0) is 19.1 Å². The Morgan fingerprint density at radius 1 is 1.21 bits per heavy atom. The first-order valence-electron chi connectivity index (χ1n) is 7.59. The molecule has 12 nitrogen and oxygen atoms in total. The van der Waals surface area contributed by atoms with E-state index in [0.29, 0.717) is 0 Å². The molecular formula is C15H14N4O8S. The van der Waals surface area contributed by atoms with Gasteiger partial charge in [-0.1, -0.05) is 6.07 Å². The summed E-state index contributed by atoms with van der Waals surface area (Å²) in [5.41, 5.74) is -0.981. The summed E-state index contributed by atoms with van der Waals surface area (Å²) >= 11 is 0. The van der Waals surface area contributed by atoms with Crippen molar-refractivity contribution in [1.29, 1.82) is 0 Å². The van der Waals surface area contributed by atoms with Crippen LogP contribution in [0, 0.1) is 20.2 Å². The number of ether oxygens (including phenoxy) is 1. The molecule has 0 atom stereocenters. The van der Waals surface area contributed by atoms with Crippen LogP contribution in [0.15, 0.2) is 46.4 Å². The zero-order valence-corrected chi connectivity index (χ0v) is 15.1. The third-order valence-corrected chi connectivity index (χ3v) is 4.52. The van der Waals surface area contributed by atoms with Crippen LogP contribution in [-0.4, -0.2) is 36.2 Å². The SMILES string of the molecule is CCOc1cc(/C=N/NS(=O)(=O)c2cccc([N+](=O)[O-])c2)cc([N+](=O)[O-])c1O. The molecule has 2 aromatic carbocycles. The number of hydrogen-bond acceptors (Lipinski definition) is 9. The van der Waals surface area contributed by atoms with Gasteiger partial charge in [0.05, 0.1) is 27.6 Å². The molecule has 0 unspecified atom stereocenters. The van der Waals surface area contributed by atoms with Gasteiger partial charge < -0.3 is 9.84 Å². The van der Waals surface area contributed by atoms with Crippen molar-refractivity contribution in [2.24, 2.45) is 5.10 Å². The normalized spacial score (nSPS) is 11.3. The lowest BCUT2D eigenvalue weighted by Crippen LogP contribution is -2.18. The van der Waals surface area contributed by atoms with E-state index in [1.54, 1.807) is 6.92 Å². The van der Waals surface area contributed by atoms with Gasteiger partial charge in [-0.2, -0.15) is 13.5 Å². The van der Waals surface area contributed by atoms with Crippen molar-refractivity contribution in [3.05, 3.63) is 62.2 Å². The van der Waals surface area contributed by atoms with Crippen LogP contribution in [0.5, 0.6) is 11.5 Å². The Hall–Kier alpha value is -3.74. The molecule has 0 radical (unpaired) electrons. The van der Waals surface area contributed by atoms with Crippen LogP contribution in [0.1, 0.15) is 12.5 Å². The third kappa shape index (κ3) is 4.70. The molecular weight excluding hydrogens is 396 g/mol. The maximum atomic E-state index is 12.2. The van der Waals surface area contributed by atoms with E-state index in [0.717, 1.165) is 30.5 Å². The second-order valence-corrected chi connectivity index (χ2v) is 6.85. The first-order valence-corrected chi connectivity index (χ1v) is 9.07. The number of nitro groups is 2. The number of rotatable bonds is 8. The van der Waals surface area contributed by atoms with Crippen molar-refractivity contribution < 1.29 is 28.1 Å². The average Bonchev–Trinajstić information content (AvgIpc) is 2.64. The summed E-state index contributed by atoms with van der Waals surface area (Å²) in [4.78, 5) is 21.7. The van der Waals surface area contributed by atoms with Crippen molar-refractivity contribution in [3.8, 4) is 11.5 Å². The molecule has 0 saturated carbocycles. The maximum Gasteiger partial charge on any atom is 0.315 e. The lowest BCUT2D eigenvalue weighted by atomic mass is 10.2. The van der Waals surface area contributed by atoms with Gasteiger partial charge in [-0.25, -0.2) is 4.83 Å². The number of phenolic OH excluding ortho intramolecular Hbond substituents is 1. The lowest BCUT2D eigenvalue weighted by Gasteiger charge is -2.07. The Morgan fingerprint density at radius 2 is 1.93 bits per heavy atom. The predicted molar refractivity (Wildman–Crippen MR) is 96.9 cm³/mol. The molecule has 0 bridgehead atoms. The predicted octanol–water partition coefficient (Wildman–Crippen LogP) is 1.92. The quantitative estimate of drug-likeness (QED) is 0.377. The number of hydrazone groups is 1. The summed E-state index contributed by atoms with van der Waals surface area (Å²) in [5, 5.41) is 35.1. The molecule has 28 heavy (non-hydrogen) atoms. The van der Waals surface area contributed by atoms with Crippen LogP contribution in [0.3, 0.4) is 0 Å². The summed E-state index contributed by atoms with van der Waals surface area (Å²) in [6.45, 7) is 1.74. The lowest BCUT2D eigenvalue weighted by molar-refractivity contribution is -0.386. The second-order valence-electron chi connectivity index (χ2n) is 5.18. The van der Waals surface area contributed by atoms with E-state index in [1.165, 1.54) is 12.1 Å². The Kier molecular flexibility index (Phi) is 6.10. The molecule has 0 aliphatic rings. The molecule has 0 aromatic heterocycles. The van der Waals surface area contributed by atoms with E-state index in [9.17, 15) is 33.8 Å². The monoisotopic (exact) mass is 410 g/mol. The largest absolute Gasteiger partial charge is 0.500 e. The summed E-state index contributed by atoms with van der Waals surface area (Å²) < 4.78 is 29.5. The topological polar surface area (TPSA) is 174 Å². The fraction of sp³-hybridized carbons (Fsp3) is 0.133. The minimum atomic E-state index is -4.21. The van der Waals surface area contributed by atoms with Gasteiger partial charge in [-0.3, -0.25) is 20.2 Å². The summed E-state index contributed by atoms with van der Waals surface area (Å²) in [6.07, 6.45) is 0.962. The zero-order valence-electron chi connectivity index (χ0n) is 14.3. The van der Waals surface area contributed by atoms with Gasteiger partial charge in [0.15, 0.2) is 5.75 Å². The van der Waals surface area contributed by atoms with E-state index in [-0.39, 0.29) is 22.8 Å². The van der Waals surface area contributed by atoms with E-state index >= 15 is 0 Å². The van der Waals surface area contributed by atoms with Crippen molar-refractivity contribution in [3.63, 3.8) is 0 Å². The Morgan fingerprint density at radius 3 is 2.54 bits per heavy atom. The number of nitrogens with zero attached hydrogens (tertiary/aromatic N) is 3. The van der Waals surface area contributed by atoms with E-state index in [1.807, 2.05) is 4.83 Å². The zero-order chi connectivity index (χ0) is 20.9. The third-order valence-electron chi connectivity index (χ3n) is 3.30. The minimum absolute atomic E-state index is 0.0784. The van der Waals surface area contributed by atoms with E-state index in [2.05, 4.69) is 5.10 Å². The molecule has 0 spiro atoms. The van der Waals surface area contributed by atoms with Crippen molar-refractivity contribution in [1.82, 2.24) is 4.83 Å². The van der Waals surface area contributed by atoms with Crippen LogP contribution in [0.25, 0.3) is 0 Å². The van der Waals surface area contributed by atoms with Crippen LogP contribution in [-0.2, 0) is 10.0 Å². The van der Waals surface area contributed by atoms with Crippen molar-refractivity contribution in [2.45, 2.75) is 11.8 Å². The first kappa shape index (κ1) is 20.6. The number of non-ortho nitro benzene ring substituents is 1. The molecule has 0 saturated heterocycles. The maximum absolute atomic E-state index is 12.2. The van der Waals surface area contributed by atoms with Gasteiger partial charge in [0.1, 0.15) is 0 Å². The highest BCUT2D eigenvalue weighted by Crippen LogP contribution is 2.36. The molecule has 0 aliphatic heterocycles. The van der Waals surface area contributed by atoms with Crippen LogP contribution < -0.4 is 9.57 Å². The van der Waals surface area contributed by atoms with Gasteiger partial charge in [-0.15, -0.1) is 0 Å².